The fourth-order valence-electron chi connectivity index (χ4n) is 3.97. The summed E-state index contributed by atoms with van der Waals surface area (Å²) < 4.78 is 15.4. The maximum Gasteiger partial charge on any atom is 0.204 e. The van der Waals surface area contributed by atoms with Crippen LogP contribution in [0.5, 0.6) is 0 Å². The minimum atomic E-state index is -0.226. The molecule has 0 saturated carbocycles. The zero-order valence-electron chi connectivity index (χ0n) is 16.0. The molecule has 0 amide bonds. The quantitative estimate of drug-likeness (QED) is 0.686. The molecule has 1 aromatic heterocycles. The summed E-state index contributed by atoms with van der Waals surface area (Å²) in [4.78, 5) is 7.02. The van der Waals surface area contributed by atoms with Gasteiger partial charge in [0.05, 0.1) is 30.2 Å². The molecular weight excluding hydrogens is 353 g/mol. The van der Waals surface area contributed by atoms with Gasteiger partial charge in [-0.15, -0.1) is 0 Å². The van der Waals surface area contributed by atoms with Crippen LogP contribution in [0.25, 0.3) is 11.0 Å². The molecule has 2 heterocycles. The van der Waals surface area contributed by atoms with Gasteiger partial charge in [-0.25, -0.2) is 9.37 Å². The first-order chi connectivity index (χ1) is 13.6. The van der Waals surface area contributed by atoms with Gasteiger partial charge in [-0.05, 0) is 42.2 Å². The van der Waals surface area contributed by atoms with E-state index in [0.717, 1.165) is 42.1 Å². The topological polar surface area (TPSA) is 56.9 Å². The Bertz CT molecular complexity index is 988. The molecule has 2 unspecified atom stereocenters. The van der Waals surface area contributed by atoms with Crippen LogP contribution in [-0.2, 0) is 6.54 Å². The molecule has 1 fully saturated rings. The first-order valence-corrected chi connectivity index (χ1v) is 9.69. The van der Waals surface area contributed by atoms with Gasteiger partial charge in [-0.3, -0.25) is 4.90 Å². The average molecular weight is 377 g/mol. The number of piperidine rings is 1. The smallest absolute Gasteiger partial charge is 0.204 e. The van der Waals surface area contributed by atoms with E-state index < -0.39 is 0 Å². The van der Waals surface area contributed by atoms with E-state index in [9.17, 15) is 4.39 Å². The van der Waals surface area contributed by atoms with Crippen molar-refractivity contribution in [3.8, 4) is 6.07 Å². The highest BCUT2D eigenvalue weighted by atomic mass is 19.1. The van der Waals surface area contributed by atoms with Crippen molar-refractivity contribution in [2.75, 3.05) is 25.0 Å². The fraction of sp³-hybridized carbons (Fsp3) is 0.364. The van der Waals surface area contributed by atoms with E-state index in [1.165, 1.54) is 12.1 Å². The first kappa shape index (κ1) is 18.5. The molecule has 2 atom stereocenters. The lowest BCUT2D eigenvalue weighted by Crippen LogP contribution is -2.45. The van der Waals surface area contributed by atoms with Crippen molar-refractivity contribution >= 4 is 17.0 Å². The van der Waals surface area contributed by atoms with Gasteiger partial charge in [0.15, 0.2) is 0 Å². The van der Waals surface area contributed by atoms with Crippen LogP contribution in [0.3, 0.4) is 0 Å². The lowest BCUT2D eigenvalue weighted by molar-refractivity contribution is 0.189. The van der Waals surface area contributed by atoms with Crippen molar-refractivity contribution < 1.29 is 4.39 Å². The maximum absolute atomic E-state index is 13.3. The third kappa shape index (κ3) is 3.85. The van der Waals surface area contributed by atoms with E-state index in [4.69, 9.17) is 10.2 Å². The summed E-state index contributed by atoms with van der Waals surface area (Å²) in [6.45, 7) is 5.15. The fourth-order valence-corrected chi connectivity index (χ4v) is 3.97. The Hall–Kier alpha value is -2.91. The van der Waals surface area contributed by atoms with Crippen LogP contribution in [0.15, 0.2) is 48.5 Å². The molecule has 1 N–H and O–H groups in total. The van der Waals surface area contributed by atoms with E-state index in [1.807, 2.05) is 30.3 Å². The summed E-state index contributed by atoms with van der Waals surface area (Å²) in [5, 5.41) is 12.6. The Morgan fingerprint density at radius 3 is 2.75 bits per heavy atom. The van der Waals surface area contributed by atoms with Crippen molar-refractivity contribution in [1.82, 2.24) is 14.5 Å². The van der Waals surface area contributed by atoms with Crippen LogP contribution in [0.2, 0.25) is 0 Å². The van der Waals surface area contributed by atoms with Gasteiger partial charge in [0.1, 0.15) is 5.82 Å². The molecule has 28 heavy (non-hydrogen) atoms. The molecule has 6 heteroatoms. The lowest BCUT2D eigenvalue weighted by atomic mass is 9.94. The highest BCUT2D eigenvalue weighted by Crippen LogP contribution is 2.25. The van der Waals surface area contributed by atoms with E-state index in [-0.39, 0.29) is 5.82 Å². The Labute approximate surface area is 164 Å². The van der Waals surface area contributed by atoms with Crippen LogP contribution < -0.4 is 5.32 Å². The van der Waals surface area contributed by atoms with Gasteiger partial charge in [0.2, 0.25) is 5.95 Å². The Kier molecular flexibility index (Phi) is 5.27. The molecule has 0 spiro atoms. The van der Waals surface area contributed by atoms with Crippen LogP contribution in [0, 0.1) is 23.1 Å². The summed E-state index contributed by atoms with van der Waals surface area (Å²) in [6, 6.07) is 17.3. The number of rotatable bonds is 5. The number of fused-ring (bicyclic) bond motifs is 1. The largest absolute Gasteiger partial charge is 0.353 e. The van der Waals surface area contributed by atoms with Crippen LogP contribution in [0.1, 0.15) is 18.9 Å². The van der Waals surface area contributed by atoms with Gasteiger partial charge in [0, 0.05) is 19.1 Å². The number of hydrogen-bond acceptors (Lipinski definition) is 4. The average Bonchev–Trinajstić information content (AvgIpc) is 3.03. The third-order valence-electron chi connectivity index (χ3n) is 5.51. The number of hydrogen-bond donors (Lipinski definition) is 1. The van der Waals surface area contributed by atoms with Crippen molar-refractivity contribution in [2.45, 2.75) is 25.9 Å². The van der Waals surface area contributed by atoms with E-state index in [0.29, 0.717) is 25.0 Å². The second-order valence-corrected chi connectivity index (χ2v) is 7.55. The second kappa shape index (κ2) is 7.99. The molecule has 0 bridgehead atoms. The van der Waals surface area contributed by atoms with Crippen molar-refractivity contribution in [3.63, 3.8) is 0 Å². The second-order valence-electron chi connectivity index (χ2n) is 7.55. The maximum atomic E-state index is 13.3. The Balaban J connectivity index is 1.60. The number of imidazole rings is 1. The number of benzene rings is 2. The Morgan fingerprint density at radius 1 is 1.21 bits per heavy atom. The Morgan fingerprint density at radius 2 is 2.00 bits per heavy atom. The standard InChI is InChI=1S/C22H24FN5/c1-16-14-27(13-11-24)12-10-19(16)25-22-26-20-4-2-3-5-21(20)28(22)15-17-6-8-18(23)9-7-17/h2-9,16,19H,10,12-15H2,1H3,(H,25,26). The molecule has 1 aliphatic rings. The minimum absolute atomic E-state index is 0.226. The molecule has 1 aliphatic heterocycles. The summed E-state index contributed by atoms with van der Waals surface area (Å²) >= 11 is 0. The molecule has 5 nitrogen and oxygen atoms in total. The monoisotopic (exact) mass is 377 g/mol. The van der Waals surface area contributed by atoms with Crippen LogP contribution >= 0.6 is 0 Å². The molecule has 144 valence electrons. The zero-order chi connectivity index (χ0) is 19.5. The highest BCUT2D eigenvalue weighted by Gasteiger charge is 2.27. The lowest BCUT2D eigenvalue weighted by Gasteiger charge is -2.36. The first-order valence-electron chi connectivity index (χ1n) is 9.69. The van der Waals surface area contributed by atoms with Gasteiger partial charge >= 0.3 is 0 Å². The summed E-state index contributed by atoms with van der Waals surface area (Å²) in [5.41, 5.74) is 3.04. The van der Waals surface area contributed by atoms with Crippen molar-refractivity contribution in [2.24, 2.45) is 5.92 Å². The molecule has 1 saturated heterocycles. The summed E-state index contributed by atoms with van der Waals surface area (Å²) in [6.07, 6.45) is 0.975. The molecule has 4 rings (SSSR count). The molecule has 2 aromatic carbocycles. The number of nitriles is 1. The van der Waals surface area contributed by atoms with E-state index in [1.54, 1.807) is 0 Å². The molecular formula is C22H24FN5. The third-order valence-corrected chi connectivity index (χ3v) is 5.51. The van der Waals surface area contributed by atoms with Gasteiger partial charge in [-0.1, -0.05) is 31.2 Å². The zero-order valence-corrected chi connectivity index (χ0v) is 16.0. The van der Waals surface area contributed by atoms with Crippen molar-refractivity contribution in [1.29, 1.82) is 5.26 Å². The van der Waals surface area contributed by atoms with Crippen molar-refractivity contribution in [3.05, 3.63) is 59.9 Å². The number of halogens is 1. The predicted molar refractivity (Wildman–Crippen MR) is 108 cm³/mol. The number of aromatic nitrogens is 2. The number of nitrogens with one attached hydrogen (secondary N) is 1. The molecule has 3 aromatic rings. The number of anilines is 1. The molecule has 0 aliphatic carbocycles. The minimum Gasteiger partial charge on any atom is -0.353 e. The van der Waals surface area contributed by atoms with Gasteiger partial charge in [0.25, 0.3) is 0 Å². The summed E-state index contributed by atoms with van der Waals surface area (Å²) in [7, 11) is 0. The molecule has 0 radical (unpaired) electrons. The van der Waals surface area contributed by atoms with Gasteiger partial charge in [-0.2, -0.15) is 5.26 Å². The number of para-hydroxylation sites is 2. The van der Waals surface area contributed by atoms with Crippen LogP contribution in [0.4, 0.5) is 10.3 Å². The van der Waals surface area contributed by atoms with Crippen LogP contribution in [-0.4, -0.2) is 40.1 Å². The van der Waals surface area contributed by atoms with E-state index in [2.05, 4.69) is 33.8 Å². The van der Waals surface area contributed by atoms with E-state index >= 15 is 0 Å². The summed E-state index contributed by atoms with van der Waals surface area (Å²) in [5.74, 6) is 1.04. The highest BCUT2D eigenvalue weighted by molar-refractivity contribution is 5.78. The number of nitrogens with zero attached hydrogens (tertiary/aromatic N) is 4. The van der Waals surface area contributed by atoms with Gasteiger partial charge < -0.3 is 9.88 Å². The SMILES string of the molecule is CC1CN(CC#N)CCC1Nc1nc2ccccc2n1Cc1ccc(F)cc1. The predicted octanol–water partition coefficient (Wildman–Crippen LogP) is 3.87. The number of likely N-dealkylation sites (tertiary alicyclic amines) is 1. The normalized spacial score (nSPS) is 20.2.